The van der Waals surface area contributed by atoms with E-state index < -0.39 is 34.8 Å². The SMILES string of the molecule is CCCCCCCCOc1ccc(O)c(F)c1F.CCCCCCCOc1ccc(O)c(F)c1F. The van der Waals surface area contributed by atoms with Crippen LogP contribution in [0.25, 0.3) is 0 Å². The van der Waals surface area contributed by atoms with Gasteiger partial charge < -0.3 is 19.7 Å². The molecule has 0 aliphatic rings. The molecule has 2 N–H and O–H groups in total. The summed E-state index contributed by atoms with van der Waals surface area (Å²) < 4.78 is 62.8. The van der Waals surface area contributed by atoms with E-state index in [1.54, 1.807) is 0 Å². The van der Waals surface area contributed by atoms with Crippen molar-refractivity contribution >= 4 is 0 Å². The minimum absolute atomic E-state index is 0.140. The summed E-state index contributed by atoms with van der Waals surface area (Å²) in [5, 5.41) is 17.9. The Bertz CT molecular complexity index is 862. The molecule has 0 atom stereocenters. The minimum atomic E-state index is -1.26. The number of benzene rings is 2. The third kappa shape index (κ3) is 11.6. The van der Waals surface area contributed by atoms with Gasteiger partial charge >= 0.3 is 0 Å². The summed E-state index contributed by atoms with van der Waals surface area (Å²) >= 11 is 0. The number of unbranched alkanes of at least 4 members (excludes halogenated alkanes) is 9. The fourth-order valence-corrected chi connectivity index (χ4v) is 3.22. The van der Waals surface area contributed by atoms with Crippen LogP contribution in [0.3, 0.4) is 0 Å². The quantitative estimate of drug-likeness (QED) is 0.190. The maximum atomic E-state index is 13.3. The van der Waals surface area contributed by atoms with Gasteiger partial charge in [0.2, 0.25) is 23.3 Å². The lowest BCUT2D eigenvalue weighted by atomic mass is 10.1. The van der Waals surface area contributed by atoms with Gasteiger partial charge in [0.1, 0.15) is 0 Å². The molecule has 0 spiro atoms. The average Bonchev–Trinajstić information content (AvgIpc) is 2.85. The zero-order chi connectivity index (χ0) is 26.1. The van der Waals surface area contributed by atoms with Crippen LogP contribution in [0.2, 0.25) is 0 Å². The van der Waals surface area contributed by atoms with E-state index in [1.165, 1.54) is 44.2 Å². The van der Waals surface area contributed by atoms with Crippen molar-refractivity contribution in [3.8, 4) is 23.0 Å². The van der Waals surface area contributed by atoms with E-state index in [1.807, 2.05) is 0 Å². The Morgan fingerprint density at radius 2 is 0.857 bits per heavy atom. The normalized spacial score (nSPS) is 10.6. The second-order valence-corrected chi connectivity index (χ2v) is 8.30. The highest BCUT2D eigenvalue weighted by molar-refractivity contribution is 5.34. The number of hydrogen-bond acceptors (Lipinski definition) is 4. The molecule has 0 aliphatic carbocycles. The van der Waals surface area contributed by atoms with Crippen LogP contribution in [0, 0.1) is 23.3 Å². The summed E-state index contributed by atoms with van der Waals surface area (Å²) in [6.45, 7) is 5.02. The smallest absolute Gasteiger partial charge is 0.204 e. The molecule has 0 unspecified atom stereocenters. The molecule has 0 aliphatic heterocycles. The van der Waals surface area contributed by atoms with Crippen LogP contribution in [0.5, 0.6) is 23.0 Å². The molecule has 2 aromatic carbocycles. The third-order valence-electron chi connectivity index (χ3n) is 5.31. The van der Waals surface area contributed by atoms with E-state index in [-0.39, 0.29) is 11.5 Å². The fourth-order valence-electron chi connectivity index (χ4n) is 3.22. The maximum Gasteiger partial charge on any atom is 0.204 e. The first-order chi connectivity index (χ1) is 16.8. The zero-order valence-electron chi connectivity index (χ0n) is 20.7. The number of ether oxygens (including phenoxy) is 2. The van der Waals surface area contributed by atoms with E-state index in [4.69, 9.17) is 19.7 Å². The van der Waals surface area contributed by atoms with Gasteiger partial charge in [-0.3, -0.25) is 0 Å². The Balaban J connectivity index is 0.000000351. The highest BCUT2D eigenvalue weighted by Crippen LogP contribution is 2.27. The predicted molar refractivity (Wildman–Crippen MR) is 129 cm³/mol. The number of rotatable bonds is 15. The topological polar surface area (TPSA) is 58.9 Å². The molecule has 0 fully saturated rings. The molecule has 0 radical (unpaired) electrons. The number of phenolic OH excluding ortho intramolecular Hbond substituents is 2. The standard InChI is InChI=1S/C14H20F2O2.C13H18F2O2/c1-2-3-4-5-6-7-10-18-12-9-8-11(17)13(15)14(12)16;1-2-3-4-5-6-9-17-11-8-7-10(16)12(14)13(11)15/h8-9,17H,2-7,10H2,1H3;7-8,16H,2-6,9H2,1H3. The molecular weight excluding hydrogens is 464 g/mol. The second-order valence-electron chi connectivity index (χ2n) is 8.30. The van der Waals surface area contributed by atoms with E-state index in [0.717, 1.165) is 50.7 Å². The highest BCUT2D eigenvalue weighted by Gasteiger charge is 2.14. The molecule has 198 valence electrons. The second kappa shape index (κ2) is 17.7. The lowest BCUT2D eigenvalue weighted by molar-refractivity contribution is 0.281. The summed E-state index contributed by atoms with van der Waals surface area (Å²) in [5.41, 5.74) is 0. The molecule has 2 aromatic rings. The molecule has 4 nitrogen and oxygen atoms in total. The molecule has 0 amide bonds. The van der Waals surface area contributed by atoms with Crippen LogP contribution >= 0.6 is 0 Å². The minimum Gasteiger partial charge on any atom is -0.505 e. The first-order valence-corrected chi connectivity index (χ1v) is 12.4. The van der Waals surface area contributed by atoms with Gasteiger partial charge in [0.05, 0.1) is 13.2 Å². The molecule has 0 saturated heterocycles. The predicted octanol–water partition coefficient (Wildman–Crippen LogP) is 8.43. The summed E-state index contributed by atoms with van der Waals surface area (Å²) in [4.78, 5) is 0. The zero-order valence-corrected chi connectivity index (χ0v) is 20.7. The van der Waals surface area contributed by atoms with Crippen molar-refractivity contribution in [2.24, 2.45) is 0 Å². The fraction of sp³-hybridized carbons (Fsp3) is 0.556. The van der Waals surface area contributed by atoms with Gasteiger partial charge in [-0.25, -0.2) is 0 Å². The molecule has 0 aromatic heterocycles. The van der Waals surface area contributed by atoms with Gasteiger partial charge in [-0.15, -0.1) is 0 Å². The van der Waals surface area contributed by atoms with Crippen molar-refractivity contribution in [1.82, 2.24) is 0 Å². The molecule has 0 bridgehead atoms. The molecular formula is C27H38F4O4. The Labute approximate surface area is 205 Å². The number of halogens is 4. The van der Waals surface area contributed by atoms with Gasteiger partial charge in [-0.2, -0.15) is 17.6 Å². The van der Waals surface area contributed by atoms with Gasteiger partial charge in [-0.1, -0.05) is 71.6 Å². The summed E-state index contributed by atoms with van der Waals surface area (Å²) in [6, 6.07) is 4.66. The lowest BCUT2D eigenvalue weighted by Crippen LogP contribution is -2.00. The van der Waals surface area contributed by atoms with Crippen molar-refractivity contribution in [2.75, 3.05) is 13.2 Å². The van der Waals surface area contributed by atoms with E-state index >= 15 is 0 Å². The first-order valence-electron chi connectivity index (χ1n) is 12.4. The average molecular weight is 503 g/mol. The van der Waals surface area contributed by atoms with Gasteiger partial charge in [0.15, 0.2) is 23.0 Å². The van der Waals surface area contributed by atoms with Crippen molar-refractivity contribution in [2.45, 2.75) is 84.5 Å². The van der Waals surface area contributed by atoms with Crippen molar-refractivity contribution in [3.63, 3.8) is 0 Å². The highest BCUT2D eigenvalue weighted by atomic mass is 19.2. The lowest BCUT2D eigenvalue weighted by Gasteiger charge is -2.08. The van der Waals surface area contributed by atoms with Crippen LogP contribution in [0.4, 0.5) is 17.6 Å². The van der Waals surface area contributed by atoms with Crippen LogP contribution in [0.15, 0.2) is 24.3 Å². The molecule has 8 heteroatoms. The molecule has 2 rings (SSSR count). The van der Waals surface area contributed by atoms with Crippen LogP contribution in [-0.2, 0) is 0 Å². The van der Waals surface area contributed by atoms with E-state index in [9.17, 15) is 17.6 Å². The van der Waals surface area contributed by atoms with Gasteiger partial charge in [0, 0.05) is 0 Å². The molecule has 0 saturated carbocycles. The van der Waals surface area contributed by atoms with Gasteiger partial charge in [-0.05, 0) is 37.1 Å². The number of phenols is 2. The monoisotopic (exact) mass is 502 g/mol. The Kier molecular flexibility index (Phi) is 15.4. The Morgan fingerprint density at radius 3 is 1.23 bits per heavy atom. The van der Waals surface area contributed by atoms with Crippen LogP contribution in [0.1, 0.15) is 84.5 Å². The Morgan fingerprint density at radius 1 is 0.514 bits per heavy atom. The van der Waals surface area contributed by atoms with Crippen LogP contribution in [-0.4, -0.2) is 23.4 Å². The van der Waals surface area contributed by atoms with E-state index in [2.05, 4.69) is 13.8 Å². The van der Waals surface area contributed by atoms with Crippen molar-refractivity contribution in [1.29, 1.82) is 0 Å². The van der Waals surface area contributed by atoms with Crippen molar-refractivity contribution in [3.05, 3.63) is 47.5 Å². The molecule has 0 heterocycles. The van der Waals surface area contributed by atoms with Gasteiger partial charge in [0.25, 0.3) is 0 Å². The van der Waals surface area contributed by atoms with E-state index in [0.29, 0.717) is 13.2 Å². The summed E-state index contributed by atoms with van der Waals surface area (Å²) in [6.07, 6.45) is 12.0. The third-order valence-corrected chi connectivity index (χ3v) is 5.31. The first kappa shape index (κ1) is 30.4. The molecule has 35 heavy (non-hydrogen) atoms. The maximum absolute atomic E-state index is 13.3. The summed E-state index contributed by atoms with van der Waals surface area (Å²) in [5.74, 6) is -6.43. The largest absolute Gasteiger partial charge is 0.505 e. The summed E-state index contributed by atoms with van der Waals surface area (Å²) in [7, 11) is 0. The number of aromatic hydroxyl groups is 2. The Hall–Kier alpha value is -2.64. The van der Waals surface area contributed by atoms with Crippen molar-refractivity contribution < 1.29 is 37.2 Å². The number of hydrogen-bond donors (Lipinski definition) is 2. The van der Waals surface area contributed by atoms with Crippen LogP contribution < -0.4 is 9.47 Å².